The summed E-state index contributed by atoms with van der Waals surface area (Å²) in [6, 6.07) is 8.05. The molecular formula is C17H27ClN2O2S. The zero-order valence-electron chi connectivity index (χ0n) is 13.8. The largest absolute Gasteiger partial charge is 0.496 e. The third-order valence-corrected chi connectivity index (χ3v) is 5.31. The molecule has 1 saturated heterocycles. The summed E-state index contributed by atoms with van der Waals surface area (Å²) in [4.78, 5) is 13.3. The zero-order valence-corrected chi connectivity index (χ0v) is 15.5. The predicted octanol–water partition coefficient (Wildman–Crippen LogP) is 2.96. The minimum Gasteiger partial charge on any atom is -0.496 e. The van der Waals surface area contributed by atoms with E-state index in [9.17, 15) is 4.79 Å². The molecule has 0 aromatic heterocycles. The molecule has 0 bridgehead atoms. The zero-order chi connectivity index (χ0) is 15.8. The summed E-state index contributed by atoms with van der Waals surface area (Å²) in [6.07, 6.45) is 1.91. The Hall–Kier alpha value is -0.910. The van der Waals surface area contributed by atoms with E-state index in [0.717, 1.165) is 48.9 Å². The molecule has 0 aliphatic carbocycles. The number of hydrogen-bond donors (Lipinski definition) is 2. The quantitative estimate of drug-likeness (QED) is 0.736. The molecule has 1 aliphatic rings. The number of benzene rings is 1. The van der Waals surface area contributed by atoms with E-state index in [-0.39, 0.29) is 24.2 Å². The van der Waals surface area contributed by atoms with Gasteiger partial charge in [-0.15, -0.1) is 24.2 Å². The Bertz CT molecular complexity index is 481. The number of piperidine rings is 1. The highest BCUT2D eigenvalue weighted by atomic mass is 35.5. The van der Waals surface area contributed by atoms with Gasteiger partial charge in [-0.25, -0.2) is 0 Å². The van der Waals surface area contributed by atoms with Gasteiger partial charge in [-0.2, -0.15) is 0 Å². The van der Waals surface area contributed by atoms with Crippen LogP contribution in [0.15, 0.2) is 29.2 Å². The van der Waals surface area contributed by atoms with Crippen molar-refractivity contribution in [2.75, 3.05) is 32.5 Å². The normalized spacial score (nSPS) is 16.3. The Balaban J connectivity index is 0.00000264. The average molecular weight is 359 g/mol. The number of carbonyl (C=O) groups is 1. The molecule has 130 valence electrons. The smallest absolute Gasteiger partial charge is 0.223 e. The van der Waals surface area contributed by atoms with E-state index in [2.05, 4.69) is 23.6 Å². The first-order valence-corrected chi connectivity index (χ1v) is 8.93. The Morgan fingerprint density at radius 3 is 2.78 bits per heavy atom. The summed E-state index contributed by atoms with van der Waals surface area (Å²) in [5.41, 5.74) is 0. The second-order valence-corrected chi connectivity index (χ2v) is 6.90. The average Bonchev–Trinajstić information content (AvgIpc) is 2.58. The molecule has 0 saturated carbocycles. The van der Waals surface area contributed by atoms with Crippen molar-refractivity contribution < 1.29 is 9.53 Å². The third-order valence-electron chi connectivity index (χ3n) is 3.93. The molecule has 0 spiro atoms. The van der Waals surface area contributed by atoms with E-state index in [4.69, 9.17) is 4.74 Å². The van der Waals surface area contributed by atoms with Gasteiger partial charge in [0.15, 0.2) is 0 Å². The Morgan fingerprint density at radius 2 is 2.09 bits per heavy atom. The molecular weight excluding hydrogens is 332 g/mol. The van der Waals surface area contributed by atoms with Crippen molar-refractivity contribution in [1.29, 1.82) is 0 Å². The standard InChI is InChI=1S/C17H26N2O2S.ClH/c1-13(11-19-17(20)14-7-9-18-10-8-14)12-22-16-6-4-3-5-15(16)21-2;/h3-6,13-14,18H,7-12H2,1-2H3,(H,19,20);1H. The maximum atomic E-state index is 12.1. The molecule has 2 rings (SSSR count). The lowest BCUT2D eigenvalue weighted by Gasteiger charge is -2.22. The first-order chi connectivity index (χ1) is 10.7. The second-order valence-electron chi connectivity index (χ2n) is 5.84. The number of carbonyl (C=O) groups excluding carboxylic acids is 1. The summed E-state index contributed by atoms with van der Waals surface area (Å²) in [7, 11) is 1.70. The van der Waals surface area contributed by atoms with E-state index >= 15 is 0 Å². The lowest BCUT2D eigenvalue weighted by atomic mass is 9.97. The van der Waals surface area contributed by atoms with E-state index in [1.54, 1.807) is 18.9 Å². The fraction of sp³-hybridized carbons (Fsp3) is 0.588. The van der Waals surface area contributed by atoms with Gasteiger partial charge in [-0.1, -0.05) is 19.1 Å². The molecule has 1 aromatic carbocycles. The van der Waals surface area contributed by atoms with Crippen LogP contribution in [0.3, 0.4) is 0 Å². The lowest BCUT2D eigenvalue weighted by molar-refractivity contribution is -0.125. The van der Waals surface area contributed by atoms with Gasteiger partial charge < -0.3 is 15.4 Å². The van der Waals surface area contributed by atoms with Crippen molar-refractivity contribution in [3.05, 3.63) is 24.3 Å². The summed E-state index contributed by atoms with van der Waals surface area (Å²) in [5.74, 6) is 2.72. The van der Waals surface area contributed by atoms with Crippen LogP contribution in [-0.2, 0) is 4.79 Å². The van der Waals surface area contributed by atoms with Crippen LogP contribution in [-0.4, -0.2) is 38.4 Å². The SMILES string of the molecule is COc1ccccc1SCC(C)CNC(=O)C1CCNCC1.Cl. The molecule has 2 N–H and O–H groups in total. The van der Waals surface area contributed by atoms with Crippen molar-refractivity contribution in [2.45, 2.75) is 24.7 Å². The lowest BCUT2D eigenvalue weighted by Crippen LogP contribution is -2.39. The number of para-hydroxylation sites is 1. The molecule has 23 heavy (non-hydrogen) atoms. The van der Waals surface area contributed by atoms with Gasteiger partial charge in [0.1, 0.15) is 5.75 Å². The summed E-state index contributed by atoms with van der Waals surface area (Å²) < 4.78 is 5.36. The van der Waals surface area contributed by atoms with Crippen LogP contribution in [0, 0.1) is 11.8 Å². The third kappa shape index (κ3) is 6.61. The Morgan fingerprint density at radius 1 is 1.39 bits per heavy atom. The molecule has 0 radical (unpaired) electrons. The second kappa shape index (κ2) is 10.8. The summed E-state index contributed by atoms with van der Waals surface area (Å²) >= 11 is 1.78. The van der Waals surface area contributed by atoms with Crippen molar-refractivity contribution in [3.8, 4) is 5.75 Å². The highest BCUT2D eigenvalue weighted by Crippen LogP contribution is 2.29. The molecule has 1 fully saturated rings. The fourth-order valence-corrected chi connectivity index (χ4v) is 3.58. The topological polar surface area (TPSA) is 50.4 Å². The highest BCUT2D eigenvalue weighted by molar-refractivity contribution is 7.99. The minimum absolute atomic E-state index is 0. The van der Waals surface area contributed by atoms with Crippen LogP contribution in [0.5, 0.6) is 5.75 Å². The van der Waals surface area contributed by atoms with Gasteiger partial charge in [0, 0.05) is 23.1 Å². The predicted molar refractivity (Wildman–Crippen MR) is 98.7 cm³/mol. The minimum atomic E-state index is 0. The number of halogens is 1. The van der Waals surface area contributed by atoms with E-state index in [1.165, 1.54) is 0 Å². The van der Waals surface area contributed by atoms with Crippen molar-refractivity contribution >= 4 is 30.1 Å². The molecule has 1 heterocycles. The number of rotatable bonds is 7. The van der Waals surface area contributed by atoms with Gasteiger partial charge in [-0.05, 0) is 44.0 Å². The first kappa shape index (κ1) is 20.1. The number of hydrogen-bond acceptors (Lipinski definition) is 4. The number of amides is 1. The summed E-state index contributed by atoms with van der Waals surface area (Å²) in [5, 5.41) is 6.39. The highest BCUT2D eigenvalue weighted by Gasteiger charge is 2.20. The van der Waals surface area contributed by atoms with Crippen molar-refractivity contribution in [2.24, 2.45) is 11.8 Å². The monoisotopic (exact) mass is 358 g/mol. The van der Waals surface area contributed by atoms with E-state index in [0.29, 0.717) is 5.92 Å². The molecule has 6 heteroatoms. The van der Waals surface area contributed by atoms with Gasteiger partial charge >= 0.3 is 0 Å². The van der Waals surface area contributed by atoms with Crippen LogP contribution < -0.4 is 15.4 Å². The van der Waals surface area contributed by atoms with Crippen LogP contribution in [0.4, 0.5) is 0 Å². The first-order valence-electron chi connectivity index (χ1n) is 7.95. The van der Waals surface area contributed by atoms with Crippen LogP contribution in [0.1, 0.15) is 19.8 Å². The molecule has 1 unspecified atom stereocenters. The van der Waals surface area contributed by atoms with Crippen molar-refractivity contribution in [1.82, 2.24) is 10.6 Å². The van der Waals surface area contributed by atoms with E-state index in [1.807, 2.05) is 18.2 Å². The fourth-order valence-electron chi connectivity index (χ4n) is 2.53. The van der Waals surface area contributed by atoms with Crippen LogP contribution in [0.2, 0.25) is 0 Å². The molecule has 1 atom stereocenters. The molecule has 1 aromatic rings. The van der Waals surface area contributed by atoms with Gasteiger partial charge in [0.05, 0.1) is 7.11 Å². The Kier molecular flexibility index (Phi) is 9.44. The van der Waals surface area contributed by atoms with Gasteiger partial charge in [-0.3, -0.25) is 4.79 Å². The maximum Gasteiger partial charge on any atom is 0.223 e. The molecule has 1 amide bonds. The maximum absolute atomic E-state index is 12.1. The van der Waals surface area contributed by atoms with Crippen LogP contribution >= 0.6 is 24.2 Å². The van der Waals surface area contributed by atoms with Crippen molar-refractivity contribution in [3.63, 3.8) is 0 Å². The Labute approximate surface area is 149 Å². The summed E-state index contributed by atoms with van der Waals surface area (Å²) in [6.45, 7) is 4.82. The van der Waals surface area contributed by atoms with E-state index < -0.39 is 0 Å². The molecule has 4 nitrogen and oxygen atoms in total. The van der Waals surface area contributed by atoms with Gasteiger partial charge in [0.25, 0.3) is 0 Å². The number of ether oxygens (including phenoxy) is 1. The number of methoxy groups -OCH3 is 1. The molecule has 1 aliphatic heterocycles. The number of thioether (sulfide) groups is 1. The van der Waals surface area contributed by atoms with Gasteiger partial charge in [0.2, 0.25) is 5.91 Å². The number of nitrogens with one attached hydrogen (secondary N) is 2. The van der Waals surface area contributed by atoms with Crippen LogP contribution in [0.25, 0.3) is 0 Å².